The van der Waals surface area contributed by atoms with E-state index in [1.807, 2.05) is 0 Å². The molecule has 1 heterocycles. The first-order valence-electron chi connectivity index (χ1n) is 7.03. The van der Waals surface area contributed by atoms with Gasteiger partial charge in [0.2, 0.25) is 0 Å². The molecule has 0 aliphatic rings. The fourth-order valence-electron chi connectivity index (χ4n) is 2.03. The van der Waals surface area contributed by atoms with Crippen molar-refractivity contribution >= 4 is 0 Å². The van der Waals surface area contributed by atoms with E-state index in [-0.39, 0.29) is 13.2 Å². The maximum atomic E-state index is 10.1. The van der Waals surface area contributed by atoms with Crippen LogP contribution in [0.15, 0.2) is 6.20 Å². The van der Waals surface area contributed by atoms with Gasteiger partial charge < -0.3 is 15.3 Å². The minimum atomic E-state index is -0.607. The Hall–Kier alpha value is -0.980. The lowest BCUT2D eigenvalue weighted by molar-refractivity contribution is 0.0579. The number of aliphatic hydroxyl groups is 3. The largest absolute Gasteiger partial charge is 0.396 e. The second-order valence-corrected chi connectivity index (χ2v) is 4.83. The molecule has 110 valence electrons. The third-order valence-corrected chi connectivity index (χ3v) is 3.22. The summed E-state index contributed by atoms with van der Waals surface area (Å²) in [6, 6.07) is -0.438. The topological polar surface area (TPSA) is 91.4 Å². The highest BCUT2D eigenvalue weighted by atomic mass is 16.3. The smallest absolute Gasteiger partial charge is 0.103 e. The van der Waals surface area contributed by atoms with Gasteiger partial charge in [0.05, 0.1) is 18.4 Å². The van der Waals surface area contributed by atoms with E-state index in [2.05, 4.69) is 17.2 Å². The molecule has 0 aliphatic heterocycles. The maximum Gasteiger partial charge on any atom is 0.103 e. The van der Waals surface area contributed by atoms with Crippen LogP contribution in [0.1, 0.15) is 50.8 Å². The van der Waals surface area contributed by atoms with E-state index in [1.54, 1.807) is 6.20 Å². The van der Waals surface area contributed by atoms with Gasteiger partial charge in [-0.15, -0.1) is 5.10 Å². The van der Waals surface area contributed by atoms with Crippen molar-refractivity contribution in [3.8, 4) is 0 Å². The van der Waals surface area contributed by atoms with Gasteiger partial charge in [-0.25, -0.2) is 4.68 Å². The van der Waals surface area contributed by atoms with Crippen molar-refractivity contribution in [2.45, 2.75) is 57.6 Å². The lowest BCUT2D eigenvalue weighted by Gasteiger charge is -2.20. The van der Waals surface area contributed by atoms with E-state index in [0.717, 1.165) is 25.0 Å². The molecule has 6 nitrogen and oxygen atoms in total. The van der Waals surface area contributed by atoms with Crippen molar-refractivity contribution < 1.29 is 15.3 Å². The molecule has 3 N–H and O–H groups in total. The molecule has 0 spiro atoms. The molecular weight excluding hydrogens is 246 g/mol. The molecule has 0 radical (unpaired) electrons. The molecule has 0 fully saturated rings. The highest BCUT2D eigenvalue weighted by Gasteiger charge is 2.21. The number of aliphatic hydroxyl groups excluding tert-OH is 3. The van der Waals surface area contributed by atoms with E-state index >= 15 is 0 Å². The van der Waals surface area contributed by atoms with Crippen LogP contribution in [0, 0.1) is 0 Å². The second-order valence-electron chi connectivity index (χ2n) is 4.83. The van der Waals surface area contributed by atoms with E-state index in [9.17, 15) is 10.2 Å². The van der Waals surface area contributed by atoms with Crippen molar-refractivity contribution in [1.82, 2.24) is 15.0 Å². The van der Waals surface area contributed by atoms with Crippen LogP contribution in [0.5, 0.6) is 0 Å². The summed E-state index contributed by atoms with van der Waals surface area (Å²) in [5, 5.41) is 36.2. The molecule has 0 unspecified atom stereocenters. The summed E-state index contributed by atoms with van der Waals surface area (Å²) in [5.74, 6) is 0. The van der Waals surface area contributed by atoms with Crippen molar-refractivity contribution in [3.63, 3.8) is 0 Å². The van der Waals surface area contributed by atoms with Gasteiger partial charge in [-0.2, -0.15) is 0 Å². The Labute approximate surface area is 114 Å². The highest BCUT2D eigenvalue weighted by Crippen LogP contribution is 2.16. The fraction of sp³-hybridized carbons (Fsp3) is 0.846. The van der Waals surface area contributed by atoms with Crippen LogP contribution in [0.3, 0.4) is 0 Å². The Balaban J connectivity index is 2.55. The molecule has 1 aromatic heterocycles. The second kappa shape index (κ2) is 9.01. The van der Waals surface area contributed by atoms with Gasteiger partial charge in [-0.3, -0.25) is 0 Å². The number of unbranched alkanes of at least 4 members (excludes halogenated alkanes) is 2. The van der Waals surface area contributed by atoms with Crippen molar-refractivity contribution in [2.75, 3.05) is 13.2 Å². The Morgan fingerprint density at radius 1 is 1.26 bits per heavy atom. The molecule has 0 aliphatic carbocycles. The summed E-state index contributed by atoms with van der Waals surface area (Å²) in [7, 11) is 0. The molecule has 6 heteroatoms. The van der Waals surface area contributed by atoms with E-state index in [1.165, 1.54) is 4.68 Å². The molecule has 0 aromatic carbocycles. The summed E-state index contributed by atoms with van der Waals surface area (Å²) >= 11 is 0. The average molecular weight is 271 g/mol. The molecule has 2 atom stereocenters. The van der Waals surface area contributed by atoms with Gasteiger partial charge in [0, 0.05) is 12.8 Å². The van der Waals surface area contributed by atoms with Gasteiger partial charge in [0.15, 0.2) is 0 Å². The summed E-state index contributed by atoms with van der Waals surface area (Å²) in [4.78, 5) is 0. The third-order valence-electron chi connectivity index (χ3n) is 3.22. The number of aromatic nitrogens is 3. The third kappa shape index (κ3) is 5.26. The molecule has 1 aromatic rings. The zero-order valence-corrected chi connectivity index (χ0v) is 11.6. The Morgan fingerprint density at radius 3 is 2.68 bits per heavy atom. The lowest BCUT2D eigenvalue weighted by Crippen LogP contribution is -2.27. The van der Waals surface area contributed by atoms with Gasteiger partial charge >= 0.3 is 0 Å². The monoisotopic (exact) mass is 271 g/mol. The molecule has 0 saturated heterocycles. The standard InChI is InChI=1S/C13H25N3O3/c1-2-3-4-7-13(19)12(10-18)16-9-11(14-15-16)6-5-8-17/h9,12-13,17-19H,2-8,10H2,1H3/t12-,13+/m0/s1. The Morgan fingerprint density at radius 2 is 2.05 bits per heavy atom. The Kier molecular flexibility index (Phi) is 7.62. The predicted octanol–water partition coefficient (Wildman–Crippen LogP) is 0.678. The Bertz CT molecular complexity index is 344. The molecule has 19 heavy (non-hydrogen) atoms. The van der Waals surface area contributed by atoms with Crippen LogP contribution in [0.25, 0.3) is 0 Å². The summed E-state index contributed by atoms with van der Waals surface area (Å²) in [5.41, 5.74) is 0.772. The number of rotatable bonds is 10. The SMILES string of the molecule is CCCCC[C@@H](O)[C@H](CO)n1cc(CCCO)nn1. The van der Waals surface area contributed by atoms with Crippen molar-refractivity contribution in [2.24, 2.45) is 0 Å². The molecule has 0 saturated carbocycles. The van der Waals surface area contributed by atoms with Gasteiger partial charge in [0.1, 0.15) is 6.04 Å². The summed E-state index contributed by atoms with van der Waals surface area (Å²) in [6.07, 6.45) is 6.20. The van der Waals surface area contributed by atoms with E-state index in [0.29, 0.717) is 19.3 Å². The first-order valence-corrected chi connectivity index (χ1v) is 7.03. The minimum Gasteiger partial charge on any atom is -0.396 e. The molecular formula is C13H25N3O3. The molecule has 1 rings (SSSR count). The first kappa shape index (κ1) is 16.1. The van der Waals surface area contributed by atoms with Crippen LogP contribution >= 0.6 is 0 Å². The number of nitrogens with zero attached hydrogens (tertiary/aromatic N) is 3. The molecule has 0 bridgehead atoms. The summed E-state index contributed by atoms with van der Waals surface area (Å²) in [6.45, 7) is 2.08. The van der Waals surface area contributed by atoms with Crippen molar-refractivity contribution in [1.29, 1.82) is 0 Å². The molecule has 0 amide bonds. The van der Waals surface area contributed by atoms with Crippen LogP contribution < -0.4 is 0 Å². The van der Waals surface area contributed by atoms with Crippen molar-refractivity contribution in [3.05, 3.63) is 11.9 Å². The summed E-state index contributed by atoms with van der Waals surface area (Å²) < 4.78 is 1.53. The van der Waals surface area contributed by atoms with E-state index in [4.69, 9.17) is 5.11 Å². The predicted molar refractivity (Wildman–Crippen MR) is 71.7 cm³/mol. The number of hydrogen-bond donors (Lipinski definition) is 3. The zero-order valence-electron chi connectivity index (χ0n) is 11.6. The van der Waals surface area contributed by atoms with Crippen LogP contribution in [0.2, 0.25) is 0 Å². The number of aryl methyl sites for hydroxylation is 1. The average Bonchev–Trinajstić information content (AvgIpc) is 2.86. The number of hydrogen-bond acceptors (Lipinski definition) is 5. The minimum absolute atomic E-state index is 0.121. The van der Waals surface area contributed by atoms with E-state index < -0.39 is 12.1 Å². The van der Waals surface area contributed by atoms with Crippen LogP contribution in [-0.4, -0.2) is 49.6 Å². The normalized spacial score (nSPS) is 14.5. The van der Waals surface area contributed by atoms with Gasteiger partial charge in [-0.1, -0.05) is 31.4 Å². The first-order chi connectivity index (χ1) is 9.22. The highest BCUT2D eigenvalue weighted by molar-refractivity contribution is 4.94. The fourth-order valence-corrected chi connectivity index (χ4v) is 2.03. The zero-order chi connectivity index (χ0) is 14.1. The van der Waals surface area contributed by atoms with Crippen LogP contribution in [-0.2, 0) is 6.42 Å². The quantitative estimate of drug-likeness (QED) is 0.544. The lowest BCUT2D eigenvalue weighted by atomic mass is 10.0. The van der Waals surface area contributed by atoms with Crippen LogP contribution in [0.4, 0.5) is 0 Å². The van der Waals surface area contributed by atoms with Gasteiger partial charge in [0.25, 0.3) is 0 Å². The maximum absolute atomic E-state index is 10.1. The van der Waals surface area contributed by atoms with Gasteiger partial charge in [-0.05, 0) is 19.3 Å².